The smallest absolute Gasteiger partial charge is 0.229 e. The zero-order valence-corrected chi connectivity index (χ0v) is 20.3. The number of carbonyl (C=O) groups is 2. The fraction of sp³-hybridized carbons (Fsp3) is 0.593. The molecule has 1 aliphatic heterocycles. The Bertz CT molecular complexity index is 1060. The SMILES string of the molecule is CCCN(CCCCN1C(=O)CC(C)(C)CC1=O)C1CCc2ccc3c(ccn3C#N)c2C1. The number of carbonyl (C=O) groups excluding carboxylic acids is 2. The van der Waals surface area contributed by atoms with Gasteiger partial charge in [0, 0.05) is 37.0 Å². The van der Waals surface area contributed by atoms with Gasteiger partial charge in [0.15, 0.2) is 6.19 Å². The molecule has 0 radical (unpaired) electrons. The molecule has 1 atom stereocenters. The number of amides is 2. The van der Waals surface area contributed by atoms with Gasteiger partial charge in [-0.25, -0.2) is 0 Å². The van der Waals surface area contributed by atoms with Crippen LogP contribution in [0.5, 0.6) is 0 Å². The van der Waals surface area contributed by atoms with Crippen LogP contribution in [0.25, 0.3) is 10.9 Å². The second kappa shape index (κ2) is 9.69. The van der Waals surface area contributed by atoms with Gasteiger partial charge in [0.25, 0.3) is 0 Å². The summed E-state index contributed by atoms with van der Waals surface area (Å²) in [6, 6.07) is 6.84. The molecule has 1 aromatic carbocycles. The van der Waals surface area contributed by atoms with Crippen LogP contribution >= 0.6 is 0 Å². The molecular formula is C27H36N4O2. The van der Waals surface area contributed by atoms with Gasteiger partial charge in [0.2, 0.25) is 11.8 Å². The molecule has 2 amide bonds. The van der Waals surface area contributed by atoms with Crippen molar-refractivity contribution in [2.75, 3.05) is 19.6 Å². The number of rotatable bonds is 8. The average molecular weight is 449 g/mol. The molecule has 1 unspecified atom stereocenters. The number of nitrogens with zero attached hydrogens (tertiary/aromatic N) is 4. The van der Waals surface area contributed by atoms with Crippen LogP contribution in [-0.2, 0) is 22.4 Å². The second-order valence-electron chi connectivity index (χ2n) is 10.5. The molecule has 1 aromatic heterocycles. The molecule has 0 spiro atoms. The van der Waals surface area contributed by atoms with Gasteiger partial charge >= 0.3 is 0 Å². The Morgan fingerprint density at radius 2 is 1.88 bits per heavy atom. The molecule has 0 saturated carbocycles. The van der Waals surface area contributed by atoms with E-state index in [0.717, 1.165) is 57.1 Å². The molecular weight excluding hydrogens is 412 g/mol. The van der Waals surface area contributed by atoms with Crippen LogP contribution < -0.4 is 0 Å². The minimum atomic E-state index is -0.209. The van der Waals surface area contributed by atoms with Crippen molar-refractivity contribution in [3.8, 4) is 6.19 Å². The highest BCUT2D eigenvalue weighted by molar-refractivity contribution is 5.98. The van der Waals surface area contributed by atoms with Crippen LogP contribution in [0.1, 0.15) is 70.4 Å². The summed E-state index contributed by atoms with van der Waals surface area (Å²) >= 11 is 0. The molecule has 6 nitrogen and oxygen atoms in total. The van der Waals surface area contributed by atoms with Gasteiger partial charge in [0.05, 0.1) is 5.52 Å². The first kappa shape index (κ1) is 23.5. The number of aromatic nitrogens is 1. The molecule has 4 rings (SSSR count). The van der Waals surface area contributed by atoms with Crippen LogP contribution in [0.2, 0.25) is 0 Å². The van der Waals surface area contributed by atoms with Crippen LogP contribution in [0.3, 0.4) is 0 Å². The predicted molar refractivity (Wildman–Crippen MR) is 130 cm³/mol. The molecule has 176 valence electrons. The van der Waals surface area contributed by atoms with Crippen molar-refractivity contribution in [3.63, 3.8) is 0 Å². The maximum atomic E-state index is 12.4. The van der Waals surface area contributed by atoms with Gasteiger partial charge < -0.3 is 4.90 Å². The quantitative estimate of drug-likeness (QED) is 0.441. The standard InChI is InChI=1S/C27H36N4O2/c1-4-12-29(13-5-6-14-31-25(32)17-27(2,3)18-26(31)33)21-9-7-20-8-10-24-22(23(20)16-21)11-15-30(24)19-28/h8,10-11,15,21H,4-7,9,12-14,16-18H2,1-3H3. The molecule has 1 saturated heterocycles. The van der Waals surface area contributed by atoms with Crippen LogP contribution in [0.4, 0.5) is 0 Å². The summed E-state index contributed by atoms with van der Waals surface area (Å²) in [5, 5.41) is 10.6. The highest BCUT2D eigenvalue weighted by Gasteiger charge is 2.37. The van der Waals surface area contributed by atoms with E-state index < -0.39 is 0 Å². The number of hydrogen-bond acceptors (Lipinski definition) is 4. The molecule has 1 fully saturated rings. The molecule has 2 heterocycles. The lowest BCUT2D eigenvalue weighted by Gasteiger charge is -2.36. The highest BCUT2D eigenvalue weighted by Crippen LogP contribution is 2.33. The summed E-state index contributed by atoms with van der Waals surface area (Å²) in [4.78, 5) is 28.9. The summed E-state index contributed by atoms with van der Waals surface area (Å²) in [6.45, 7) is 8.81. The third-order valence-electron chi connectivity index (χ3n) is 7.34. The molecule has 2 aromatic rings. The maximum Gasteiger partial charge on any atom is 0.229 e. The second-order valence-corrected chi connectivity index (χ2v) is 10.5. The zero-order chi connectivity index (χ0) is 23.6. The Morgan fingerprint density at radius 3 is 2.58 bits per heavy atom. The van der Waals surface area contributed by atoms with E-state index >= 15 is 0 Å². The highest BCUT2D eigenvalue weighted by atomic mass is 16.2. The first-order valence-corrected chi connectivity index (χ1v) is 12.4. The average Bonchev–Trinajstić information content (AvgIpc) is 3.20. The summed E-state index contributed by atoms with van der Waals surface area (Å²) < 4.78 is 1.65. The fourth-order valence-corrected chi connectivity index (χ4v) is 5.67. The number of piperidine rings is 1. The van der Waals surface area contributed by atoms with Gasteiger partial charge in [0.1, 0.15) is 0 Å². The number of aryl methyl sites for hydroxylation is 1. The van der Waals surface area contributed by atoms with Crippen molar-refractivity contribution in [3.05, 3.63) is 35.5 Å². The van der Waals surface area contributed by atoms with Gasteiger partial charge in [-0.2, -0.15) is 5.26 Å². The normalized spacial score (nSPS) is 20.3. The van der Waals surface area contributed by atoms with E-state index in [0.29, 0.717) is 25.4 Å². The minimum Gasteiger partial charge on any atom is -0.300 e. The van der Waals surface area contributed by atoms with Crippen molar-refractivity contribution in [1.29, 1.82) is 5.26 Å². The van der Waals surface area contributed by atoms with Gasteiger partial charge in [-0.3, -0.25) is 19.1 Å². The Morgan fingerprint density at radius 1 is 1.12 bits per heavy atom. The lowest BCUT2D eigenvalue weighted by atomic mass is 9.81. The van der Waals surface area contributed by atoms with E-state index in [4.69, 9.17) is 0 Å². The van der Waals surface area contributed by atoms with Gasteiger partial charge in [-0.05, 0) is 80.3 Å². The largest absolute Gasteiger partial charge is 0.300 e. The number of nitriles is 1. The summed E-state index contributed by atoms with van der Waals surface area (Å²) in [5.41, 5.74) is 3.60. The Hall–Kier alpha value is -2.65. The predicted octanol–water partition coefficient (Wildman–Crippen LogP) is 4.50. The van der Waals surface area contributed by atoms with E-state index in [1.165, 1.54) is 21.4 Å². The molecule has 0 N–H and O–H groups in total. The van der Waals surface area contributed by atoms with E-state index in [-0.39, 0.29) is 17.2 Å². The van der Waals surface area contributed by atoms with E-state index in [9.17, 15) is 14.9 Å². The monoisotopic (exact) mass is 448 g/mol. The van der Waals surface area contributed by atoms with Crippen LogP contribution in [0, 0.1) is 16.9 Å². The summed E-state index contributed by atoms with van der Waals surface area (Å²) in [6.07, 6.45) is 11.2. The Kier molecular flexibility index (Phi) is 6.90. The summed E-state index contributed by atoms with van der Waals surface area (Å²) in [7, 11) is 0. The molecule has 1 aliphatic carbocycles. The van der Waals surface area contributed by atoms with Crippen molar-refractivity contribution in [2.24, 2.45) is 5.41 Å². The first-order valence-electron chi connectivity index (χ1n) is 12.4. The first-order chi connectivity index (χ1) is 15.8. The van der Waals surface area contributed by atoms with Crippen LogP contribution in [0.15, 0.2) is 24.4 Å². The fourth-order valence-electron chi connectivity index (χ4n) is 5.67. The number of likely N-dealkylation sites (tertiary alicyclic amines) is 1. The Balaban J connectivity index is 1.37. The number of unbranched alkanes of at least 4 members (excludes halogenated alkanes) is 1. The Labute approximate surface area is 197 Å². The number of imide groups is 1. The minimum absolute atomic E-state index is 0.0149. The van der Waals surface area contributed by atoms with Crippen molar-refractivity contribution < 1.29 is 9.59 Å². The lowest BCUT2D eigenvalue weighted by Crippen LogP contribution is -2.46. The van der Waals surface area contributed by atoms with Gasteiger partial charge in [-0.1, -0.05) is 26.8 Å². The number of fused-ring (bicyclic) bond motifs is 3. The summed E-state index contributed by atoms with van der Waals surface area (Å²) in [5.74, 6) is -0.0299. The third kappa shape index (κ3) is 4.99. The topological polar surface area (TPSA) is 69.3 Å². The van der Waals surface area contributed by atoms with Crippen molar-refractivity contribution >= 4 is 22.7 Å². The van der Waals surface area contributed by atoms with E-state index in [1.54, 1.807) is 4.57 Å². The third-order valence-corrected chi connectivity index (χ3v) is 7.34. The van der Waals surface area contributed by atoms with Crippen molar-refractivity contribution in [2.45, 2.75) is 78.2 Å². The molecule has 33 heavy (non-hydrogen) atoms. The van der Waals surface area contributed by atoms with Crippen LogP contribution in [-0.4, -0.2) is 51.9 Å². The van der Waals surface area contributed by atoms with Crippen molar-refractivity contribution in [1.82, 2.24) is 14.4 Å². The molecule has 6 heteroatoms. The zero-order valence-electron chi connectivity index (χ0n) is 20.3. The lowest BCUT2D eigenvalue weighted by molar-refractivity contribution is -0.152. The number of benzene rings is 1. The maximum absolute atomic E-state index is 12.4. The number of hydrogen-bond donors (Lipinski definition) is 0. The van der Waals surface area contributed by atoms with E-state index in [2.05, 4.69) is 36.2 Å². The molecule has 0 bridgehead atoms. The van der Waals surface area contributed by atoms with E-state index in [1.807, 2.05) is 20.0 Å². The van der Waals surface area contributed by atoms with Gasteiger partial charge in [-0.15, -0.1) is 0 Å². The molecule has 2 aliphatic rings.